The van der Waals surface area contributed by atoms with Gasteiger partial charge >= 0.3 is 0 Å². The second kappa shape index (κ2) is 4.82. The highest BCUT2D eigenvalue weighted by molar-refractivity contribution is 5.48. The van der Waals surface area contributed by atoms with Crippen molar-refractivity contribution in [3.8, 4) is 5.69 Å². The van der Waals surface area contributed by atoms with Gasteiger partial charge in [-0.3, -0.25) is 0 Å². The summed E-state index contributed by atoms with van der Waals surface area (Å²) in [5, 5.41) is 4.26. The van der Waals surface area contributed by atoms with Crippen molar-refractivity contribution in [3.05, 3.63) is 42.1 Å². The van der Waals surface area contributed by atoms with Crippen LogP contribution in [-0.2, 0) is 10.3 Å². The lowest BCUT2D eigenvalue weighted by Gasteiger charge is -2.27. The first-order chi connectivity index (χ1) is 8.56. The van der Waals surface area contributed by atoms with Gasteiger partial charge in [-0.2, -0.15) is 5.10 Å². The van der Waals surface area contributed by atoms with Gasteiger partial charge in [-0.1, -0.05) is 18.2 Å². The van der Waals surface area contributed by atoms with Crippen LogP contribution in [0.2, 0.25) is 0 Å². The van der Waals surface area contributed by atoms with Gasteiger partial charge in [-0.25, -0.2) is 4.68 Å². The van der Waals surface area contributed by atoms with Gasteiger partial charge in [0, 0.05) is 18.2 Å². The Morgan fingerprint density at radius 3 is 2.61 bits per heavy atom. The van der Waals surface area contributed by atoms with Crippen molar-refractivity contribution >= 4 is 5.82 Å². The molecule has 4 heteroatoms. The number of ether oxygens (including phenoxy) is 1. The van der Waals surface area contributed by atoms with Crippen LogP contribution in [-0.4, -0.2) is 16.4 Å². The van der Waals surface area contributed by atoms with Crippen LogP contribution in [0.4, 0.5) is 5.82 Å². The first-order valence-electron chi connectivity index (χ1n) is 6.09. The fourth-order valence-corrected chi connectivity index (χ4v) is 2.12. The van der Waals surface area contributed by atoms with Gasteiger partial charge < -0.3 is 10.5 Å². The molecule has 0 aliphatic rings. The lowest BCUT2D eigenvalue weighted by molar-refractivity contribution is -0.0140. The average molecular weight is 245 g/mol. The summed E-state index contributed by atoms with van der Waals surface area (Å²) in [6.07, 6.45) is 1.69. The molecule has 0 bridgehead atoms. The maximum atomic E-state index is 5.92. The third kappa shape index (κ3) is 2.24. The van der Waals surface area contributed by atoms with Gasteiger partial charge in [0.25, 0.3) is 0 Å². The normalized spacial score (nSPS) is 11.7. The zero-order valence-electron chi connectivity index (χ0n) is 11.1. The van der Waals surface area contributed by atoms with Crippen molar-refractivity contribution in [3.63, 3.8) is 0 Å². The second-order valence-corrected chi connectivity index (χ2v) is 4.63. The minimum absolute atomic E-state index is 0.371. The molecule has 0 unspecified atom stereocenters. The summed E-state index contributed by atoms with van der Waals surface area (Å²) >= 11 is 0. The summed E-state index contributed by atoms with van der Waals surface area (Å²) in [7, 11) is 0. The van der Waals surface area contributed by atoms with Crippen LogP contribution >= 0.6 is 0 Å². The summed E-state index contributed by atoms with van der Waals surface area (Å²) in [4.78, 5) is 0. The molecule has 4 nitrogen and oxygen atoms in total. The van der Waals surface area contributed by atoms with Gasteiger partial charge in [0.1, 0.15) is 5.82 Å². The molecule has 0 aliphatic heterocycles. The first kappa shape index (κ1) is 12.6. The van der Waals surface area contributed by atoms with E-state index in [1.165, 1.54) is 0 Å². The van der Waals surface area contributed by atoms with E-state index in [-0.39, 0.29) is 5.60 Å². The molecule has 2 N–H and O–H groups in total. The van der Waals surface area contributed by atoms with E-state index < -0.39 is 0 Å². The third-order valence-electron chi connectivity index (χ3n) is 2.96. The van der Waals surface area contributed by atoms with Gasteiger partial charge in [-0.15, -0.1) is 0 Å². The monoisotopic (exact) mass is 245 g/mol. The summed E-state index contributed by atoms with van der Waals surface area (Å²) in [5.41, 5.74) is 7.58. The van der Waals surface area contributed by atoms with Crippen molar-refractivity contribution in [2.24, 2.45) is 0 Å². The molecule has 96 valence electrons. The van der Waals surface area contributed by atoms with Crippen molar-refractivity contribution in [1.29, 1.82) is 0 Å². The first-order valence-corrected chi connectivity index (χ1v) is 6.09. The number of para-hydroxylation sites is 1. The Kier molecular flexibility index (Phi) is 3.39. The van der Waals surface area contributed by atoms with Crippen LogP contribution in [0.1, 0.15) is 26.3 Å². The Hall–Kier alpha value is -1.81. The average Bonchev–Trinajstić information content (AvgIpc) is 2.75. The van der Waals surface area contributed by atoms with Gasteiger partial charge in [0.15, 0.2) is 0 Å². The summed E-state index contributed by atoms with van der Waals surface area (Å²) in [6, 6.07) is 9.80. The van der Waals surface area contributed by atoms with E-state index in [2.05, 4.69) is 18.9 Å². The fraction of sp³-hybridized carbons (Fsp3) is 0.357. The Morgan fingerprint density at radius 1 is 1.28 bits per heavy atom. The smallest absolute Gasteiger partial charge is 0.127 e. The molecule has 0 radical (unpaired) electrons. The van der Waals surface area contributed by atoms with Crippen LogP contribution in [0.3, 0.4) is 0 Å². The molecule has 0 aliphatic carbocycles. The van der Waals surface area contributed by atoms with Gasteiger partial charge in [0.05, 0.1) is 17.5 Å². The molecular weight excluding hydrogens is 226 g/mol. The minimum atomic E-state index is -0.371. The number of nitrogens with zero attached hydrogens (tertiary/aromatic N) is 2. The van der Waals surface area contributed by atoms with Crippen LogP contribution in [0.5, 0.6) is 0 Å². The zero-order valence-corrected chi connectivity index (χ0v) is 11.1. The molecule has 1 aromatic carbocycles. The largest absolute Gasteiger partial charge is 0.384 e. The predicted molar refractivity (Wildman–Crippen MR) is 72.6 cm³/mol. The molecule has 0 amide bonds. The molecule has 0 fully saturated rings. The minimum Gasteiger partial charge on any atom is -0.384 e. The molecule has 0 saturated heterocycles. The molecule has 18 heavy (non-hydrogen) atoms. The second-order valence-electron chi connectivity index (χ2n) is 4.63. The Bertz CT molecular complexity index is 531. The highest BCUT2D eigenvalue weighted by Gasteiger charge is 2.24. The van der Waals surface area contributed by atoms with E-state index in [9.17, 15) is 0 Å². The van der Waals surface area contributed by atoms with Gasteiger partial charge in [0.2, 0.25) is 0 Å². The van der Waals surface area contributed by atoms with Crippen LogP contribution in [0.25, 0.3) is 5.69 Å². The number of aromatic nitrogens is 2. The Labute approximate surface area is 107 Å². The summed E-state index contributed by atoms with van der Waals surface area (Å²) < 4.78 is 7.54. The number of nitrogen functional groups attached to an aromatic ring is 1. The Morgan fingerprint density at radius 2 is 2.00 bits per heavy atom. The SMILES string of the molecule is CCOC(C)(C)c1ccccc1-n1nccc1N. The van der Waals surface area contributed by atoms with Crippen LogP contribution in [0.15, 0.2) is 36.5 Å². The molecule has 0 spiro atoms. The van der Waals surface area contributed by atoms with E-state index in [1.54, 1.807) is 16.9 Å². The highest BCUT2D eigenvalue weighted by Crippen LogP contribution is 2.30. The molecule has 2 aromatic rings. The van der Waals surface area contributed by atoms with E-state index in [1.807, 2.05) is 31.2 Å². The fourth-order valence-electron chi connectivity index (χ4n) is 2.12. The molecule has 1 heterocycles. The molecular formula is C14H19N3O. The van der Waals surface area contributed by atoms with Crippen molar-refractivity contribution in [2.75, 3.05) is 12.3 Å². The maximum Gasteiger partial charge on any atom is 0.127 e. The van der Waals surface area contributed by atoms with E-state index in [0.29, 0.717) is 12.4 Å². The van der Waals surface area contributed by atoms with Crippen molar-refractivity contribution in [1.82, 2.24) is 9.78 Å². The Balaban J connectivity index is 2.53. The molecule has 0 saturated carbocycles. The van der Waals surface area contributed by atoms with Gasteiger partial charge in [-0.05, 0) is 26.8 Å². The van der Waals surface area contributed by atoms with E-state index >= 15 is 0 Å². The van der Waals surface area contributed by atoms with Crippen molar-refractivity contribution in [2.45, 2.75) is 26.4 Å². The quantitative estimate of drug-likeness (QED) is 0.901. The lowest BCUT2D eigenvalue weighted by atomic mass is 9.96. The number of hydrogen-bond acceptors (Lipinski definition) is 3. The van der Waals surface area contributed by atoms with Crippen LogP contribution < -0.4 is 5.73 Å². The number of rotatable bonds is 4. The predicted octanol–water partition coefficient (Wildman–Crippen LogP) is 2.73. The molecule has 1 aromatic heterocycles. The number of nitrogens with two attached hydrogens (primary N) is 1. The molecule has 0 atom stereocenters. The number of anilines is 1. The number of benzene rings is 1. The molecule has 2 rings (SSSR count). The van der Waals surface area contributed by atoms with Crippen molar-refractivity contribution < 1.29 is 4.74 Å². The maximum absolute atomic E-state index is 5.92. The topological polar surface area (TPSA) is 53.1 Å². The number of hydrogen-bond donors (Lipinski definition) is 1. The highest BCUT2D eigenvalue weighted by atomic mass is 16.5. The van der Waals surface area contributed by atoms with E-state index in [4.69, 9.17) is 10.5 Å². The third-order valence-corrected chi connectivity index (χ3v) is 2.96. The summed E-state index contributed by atoms with van der Waals surface area (Å²) in [6.45, 7) is 6.76. The summed E-state index contributed by atoms with van der Waals surface area (Å²) in [5.74, 6) is 0.620. The van der Waals surface area contributed by atoms with E-state index in [0.717, 1.165) is 11.3 Å². The lowest BCUT2D eigenvalue weighted by Crippen LogP contribution is -2.24. The van der Waals surface area contributed by atoms with Crippen LogP contribution in [0, 0.1) is 0 Å². The standard InChI is InChI=1S/C14H19N3O/c1-4-18-14(2,3)11-7-5-6-8-12(11)17-13(15)9-10-16-17/h5-10H,4,15H2,1-3H3. The zero-order chi connectivity index (χ0) is 13.2.